The Morgan fingerprint density at radius 3 is 2.35 bits per heavy atom. The van der Waals surface area contributed by atoms with Crippen molar-refractivity contribution >= 4 is 35.1 Å². The summed E-state index contributed by atoms with van der Waals surface area (Å²) in [6.07, 6.45) is -1.20. The largest absolute Gasteiger partial charge is 0.482 e. The van der Waals surface area contributed by atoms with E-state index < -0.39 is 18.0 Å². The van der Waals surface area contributed by atoms with E-state index in [1.54, 1.807) is 42.5 Å². The number of carbonyl (C=O) groups excluding carboxylic acids is 1. The Balaban J connectivity index is 2.18. The van der Waals surface area contributed by atoms with E-state index in [0.717, 1.165) is 0 Å². The number of rotatable bonds is 8. The van der Waals surface area contributed by atoms with Crippen molar-refractivity contribution in [1.29, 1.82) is 0 Å². The minimum Gasteiger partial charge on any atom is -0.482 e. The van der Waals surface area contributed by atoms with Crippen molar-refractivity contribution in [1.82, 2.24) is 0 Å². The second kappa shape index (κ2) is 9.31. The lowest BCUT2D eigenvalue weighted by atomic mass is 10.1. The fraction of sp³-hybridized carbons (Fsp3) is 0.222. The van der Waals surface area contributed by atoms with Gasteiger partial charge in [0.1, 0.15) is 11.5 Å². The summed E-state index contributed by atoms with van der Waals surface area (Å²) in [5.41, 5.74) is 0.489. The molecular weight excluding hydrogens is 383 g/mol. The van der Waals surface area contributed by atoms with E-state index in [9.17, 15) is 14.7 Å². The number of carboxylic acid groups (broad SMARTS) is 1. The average Bonchev–Trinajstić information content (AvgIpc) is 2.61. The maximum atomic E-state index is 11.6. The fourth-order valence-electron chi connectivity index (χ4n) is 2.10. The van der Waals surface area contributed by atoms with Crippen molar-refractivity contribution in [2.75, 3.05) is 13.7 Å². The predicted octanol–water partition coefficient (Wildman–Crippen LogP) is 3.62. The molecule has 0 aliphatic rings. The van der Waals surface area contributed by atoms with Gasteiger partial charge in [0, 0.05) is 16.5 Å². The molecule has 0 saturated heterocycles. The topological polar surface area (TPSA) is 82.1 Å². The van der Waals surface area contributed by atoms with E-state index in [1.165, 1.54) is 7.11 Å². The molecule has 26 heavy (non-hydrogen) atoms. The molecule has 8 heteroatoms. The number of carbonyl (C=O) groups is 2. The molecule has 2 aromatic carbocycles. The van der Waals surface area contributed by atoms with Crippen LogP contribution in [-0.2, 0) is 20.7 Å². The van der Waals surface area contributed by atoms with Gasteiger partial charge in [-0.25, -0.2) is 9.59 Å². The summed E-state index contributed by atoms with van der Waals surface area (Å²) in [5.74, 6) is -1.02. The molecule has 0 spiro atoms. The molecule has 1 atom stereocenters. The lowest BCUT2D eigenvalue weighted by Gasteiger charge is -2.17. The normalized spacial score (nSPS) is 11.5. The second-order valence-electron chi connectivity index (χ2n) is 5.22. The van der Waals surface area contributed by atoms with Gasteiger partial charge in [-0.3, -0.25) is 0 Å². The summed E-state index contributed by atoms with van der Waals surface area (Å²) in [7, 11) is 1.24. The summed E-state index contributed by atoms with van der Waals surface area (Å²) < 4.78 is 15.4. The van der Waals surface area contributed by atoms with Crippen LogP contribution in [0.25, 0.3) is 0 Å². The highest BCUT2D eigenvalue weighted by Crippen LogP contribution is 2.26. The molecule has 138 valence electrons. The SMILES string of the molecule is COC(=O)COc1ccc(Cl)cc1CC(Oc1ccc(Cl)cc1)C(=O)O. The summed E-state index contributed by atoms with van der Waals surface area (Å²) >= 11 is 11.8. The molecule has 0 aromatic heterocycles. The van der Waals surface area contributed by atoms with Crippen LogP contribution in [-0.4, -0.2) is 36.9 Å². The zero-order chi connectivity index (χ0) is 19.1. The number of hydrogen-bond donors (Lipinski definition) is 1. The molecule has 0 saturated carbocycles. The summed E-state index contributed by atoms with van der Waals surface area (Å²) in [6.45, 7) is -0.305. The minimum absolute atomic E-state index is 0.0188. The van der Waals surface area contributed by atoms with Crippen LogP contribution < -0.4 is 9.47 Å². The third-order valence-electron chi connectivity index (χ3n) is 3.37. The van der Waals surface area contributed by atoms with Gasteiger partial charge < -0.3 is 19.3 Å². The van der Waals surface area contributed by atoms with Gasteiger partial charge in [-0.15, -0.1) is 0 Å². The molecule has 2 rings (SSSR count). The van der Waals surface area contributed by atoms with Crippen LogP contribution in [0.15, 0.2) is 42.5 Å². The van der Waals surface area contributed by atoms with E-state index >= 15 is 0 Å². The van der Waals surface area contributed by atoms with Crippen molar-refractivity contribution in [2.24, 2.45) is 0 Å². The van der Waals surface area contributed by atoms with Crippen LogP contribution in [0.2, 0.25) is 10.0 Å². The number of benzene rings is 2. The van der Waals surface area contributed by atoms with E-state index in [4.69, 9.17) is 32.7 Å². The van der Waals surface area contributed by atoms with E-state index in [-0.39, 0.29) is 13.0 Å². The van der Waals surface area contributed by atoms with Gasteiger partial charge in [0.25, 0.3) is 0 Å². The monoisotopic (exact) mass is 398 g/mol. The summed E-state index contributed by atoms with van der Waals surface area (Å²) in [4.78, 5) is 22.8. The predicted molar refractivity (Wildman–Crippen MR) is 96.2 cm³/mol. The lowest BCUT2D eigenvalue weighted by molar-refractivity contribution is -0.145. The first-order chi connectivity index (χ1) is 12.4. The first-order valence-corrected chi connectivity index (χ1v) is 8.27. The zero-order valence-electron chi connectivity index (χ0n) is 13.8. The zero-order valence-corrected chi connectivity index (χ0v) is 15.3. The number of carboxylic acids is 1. The van der Waals surface area contributed by atoms with Gasteiger partial charge in [-0.2, -0.15) is 0 Å². The Bertz CT molecular complexity index is 776. The second-order valence-corrected chi connectivity index (χ2v) is 6.09. The molecule has 0 radical (unpaired) electrons. The van der Waals surface area contributed by atoms with Gasteiger partial charge in [-0.05, 0) is 48.0 Å². The maximum absolute atomic E-state index is 11.6. The van der Waals surface area contributed by atoms with Crippen LogP contribution in [0.1, 0.15) is 5.56 Å². The van der Waals surface area contributed by atoms with E-state index in [1.807, 2.05) is 0 Å². The molecule has 0 amide bonds. The average molecular weight is 399 g/mol. The van der Waals surface area contributed by atoms with E-state index in [0.29, 0.717) is 27.1 Å². The Labute approximate surface area is 160 Å². The van der Waals surface area contributed by atoms with E-state index in [2.05, 4.69) is 4.74 Å². The van der Waals surface area contributed by atoms with Crippen molar-refractivity contribution < 1.29 is 28.9 Å². The maximum Gasteiger partial charge on any atom is 0.345 e. The number of ether oxygens (including phenoxy) is 3. The highest BCUT2D eigenvalue weighted by molar-refractivity contribution is 6.30. The molecule has 0 fully saturated rings. The van der Waals surface area contributed by atoms with Crippen LogP contribution in [0.4, 0.5) is 0 Å². The standard InChI is InChI=1S/C18H16Cl2O6/c1-24-17(21)10-25-15-7-4-13(20)8-11(15)9-16(18(22)23)26-14-5-2-12(19)3-6-14/h2-8,16H,9-10H2,1H3,(H,22,23). The highest BCUT2D eigenvalue weighted by atomic mass is 35.5. The van der Waals surface area contributed by atoms with Crippen LogP contribution in [0.3, 0.4) is 0 Å². The molecule has 0 heterocycles. The first-order valence-electron chi connectivity index (χ1n) is 7.52. The minimum atomic E-state index is -1.19. The fourth-order valence-corrected chi connectivity index (χ4v) is 2.42. The van der Waals surface area contributed by atoms with Crippen molar-refractivity contribution in [3.8, 4) is 11.5 Å². The number of hydrogen-bond acceptors (Lipinski definition) is 5. The molecule has 2 aromatic rings. The number of esters is 1. The smallest absolute Gasteiger partial charge is 0.345 e. The van der Waals surface area contributed by atoms with Gasteiger partial charge in [0.05, 0.1) is 7.11 Å². The molecule has 0 aliphatic carbocycles. The quantitative estimate of drug-likeness (QED) is 0.683. The molecule has 0 aliphatic heterocycles. The summed E-state index contributed by atoms with van der Waals surface area (Å²) in [5, 5.41) is 10.4. The molecule has 1 N–H and O–H groups in total. The molecule has 6 nitrogen and oxygen atoms in total. The first kappa shape index (κ1) is 19.9. The Morgan fingerprint density at radius 1 is 1.08 bits per heavy atom. The van der Waals surface area contributed by atoms with Gasteiger partial charge in [-0.1, -0.05) is 23.2 Å². The molecule has 1 unspecified atom stereocenters. The van der Waals surface area contributed by atoms with Gasteiger partial charge >= 0.3 is 11.9 Å². The van der Waals surface area contributed by atoms with Gasteiger partial charge in [0.15, 0.2) is 12.7 Å². The van der Waals surface area contributed by atoms with Crippen molar-refractivity contribution in [3.63, 3.8) is 0 Å². The third kappa shape index (κ3) is 5.82. The number of aliphatic carboxylic acids is 1. The summed E-state index contributed by atoms with van der Waals surface area (Å²) in [6, 6.07) is 11.0. The number of halogens is 2. The van der Waals surface area contributed by atoms with Crippen LogP contribution in [0, 0.1) is 0 Å². The van der Waals surface area contributed by atoms with Gasteiger partial charge in [0.2, 0.25) is 0 Å². The Morgan fingerprint density at radius 2 is 1.73 bits per heavy atom. The highest BCUT2D eigenvalue weighted by Gasteiger charge is 2.22. The van der Waals surface area contributed by atoms with Crippen molar-refractivity contribution in [3.05, 3.63) is 58.1 Å². The number of methoxy groups -OCH3 is 1. The van der Waals surface area contributed by atoms with Crippen molar-refractivity contribution in [2.45, 2.75) is 12.5 Å². The van der Waals surface area contributed by atoms with Crippen LogP contribution in [0.5, 0.6) is 11.5 Å². The Hall–Kier alpha value is -2.44. The Kier molecular flexibility index (Phi) is 7.12. The molecule has 0 bridgehead atoms. The lowest BCUT2D eigenvalue weighted by Crippen LogP contribution is -2.29. The molecular formula is C18H16Cl2O6. The van der Waals surface area contributed by atoms with Crippen LogP contribution >= 0.6 is 23.2 Å². The third-order valence-corrected chi connectivity index (χ3v) is 3.86.